The number of nitrogens with zero attached hydrogens (tertiary/aromatic N) is 2. The molecule has 0 radical (unpaired) electrons. The van der Waals surface area contributed by atoms with Crippen molar-refractivity contribution >= 4 is 23.2 Å². The van der Waals surface area contributed by atoms with Gasteiger partial charge >= 0.3 is 0 Å². The number of hydrogen-bond donors (Lipinski definition) is 1. The summed E-state index contributed by atoms with van der Waals surface area (Å²) in [6.07, 6.45) is 1.51. The predicted molar refractivity (Wildman–Crippen MR) is 117 cm³/mol. The third kappa shape index (κ3) is 6.11. The molecule has 6 heteroatoms. The number of hydrogen-bond acceptors (Lipinski definition) is 4. The summed E-state index contributed by atoms with van der Waals surface area (Å²) in [5.41, 5.74) is 2.20. The van der Waals surface area contributed by atoms with E-state index in [2.05, 4.69) is 19.2 Å². The zero-order valence-electron chi connectivity index (χ0n) is 18.6. The molecule has 1 aromatic carbocycles. The fraction of sp³-hybridized carbons (Fsp3) is 0.478. The number of anilines is 2. The summed E-state index contributed by atoms with van der Waals surface area (Å²) in [5, 5.41) is 2.98. The number of carbonyl (C=O) groups is 2. The molecule has 0 aliphatic rings. The Morgan fingerprint density at radius 1 is 1.14 bits per heavy atom. The van der Waals surface area contributed by atoms with Crippen LogP contribution in [0.25, 0.3) is 0 Å². The first-order valence-electron chi connectivity index (χ1n) is 9.93. The Hall–Kier alpha value is -2.76. The van der Waals surface area contributed by atoms with Gasteiger partial charge in [-0.25, -0.2) is 0 Å². The minimum absolute atomic E-state index is 0.0493. The maximum Gasteiger partial charge on any atom is 0.289 e. The van der Waals surface area contributed by atoms with Crippen LogP contribution in [0.5, 0.6) is 0 Å². The van der Waals surface area contributed by atoms with Crippen LogP contribution < -0.4 is 10.2 Å². The summed E-state index contributed by atoms with van der Waals surface area (Å²) in [7, 11) is 3.93. The molecule has 6 nitrogen and oxygen atoms in total. The van der Waals surface area contributed by atoms with Crippen LogP contribution >= 0.6 is 0 Å². The van der Waals surface area contributed by atoms with Gasteiger partial charge in [0.2, 0.25) is 5.91 Å². The van der Waals surface area contributed by atoms with Crippen LogP contribution in [-0.2, 0) is 11.3 Å². The van der Waals surface area contributed by atoms with Crippen molar-refractivity contribution in [3.63, 3.8) is 0 Å². The maximum absolute atomic E-state index is 13.0. The highest BCUT2D eigenvalue weighted by Crippen LogP contribution is 2.27. The van der Waals surface area contributed by atoms with Crippen molar-refractivity contribution in [3.8, 4) is 0 Å². The van der Waals surface area contributed by atoms with Crippen molar-refractivity contribution in [1.82, 2.24) is 4.90 Å². The molecule has 2 amide bonds. The van der Waals surface area contributed by atoms with Crippen molar-refractivity contribution < 1.29 is 14.0 Å². The highest BCUT2D eigenvalue weighted by molar-refractivity contribution is 5.95. The van der Waals surface area contributed by atoms with Gasteiger partial charge in [0.25, 0.3) is 5.91 Å². The molecule has 0 bridgehead atoms. The third-order valence-electron chi connectivity index (χ3n) is 4.47. The zero-order chi connectivity index (χ0) is 21.8. The quantitative estimate of drug-likeness (QED) is 0.737. The molecule has 0 fully saturated rings. The van der Waals surface area contributed by atoms with Gasteiger partial charge in [-0.05, 0) is 41.8 Å². The number of rotatable bonds is 7. The normalized spacial score (nSPS) is 11.4. The second-order valence-corrected chi connectivity index (χ2v) is 9.00. The zero-order valence-corrected chi connectivity index (χ0v) is 18.6. The van der Waals surface area contributed by atoms with E-state index in [9.17, 15) is 9.59 Å². The minimum atomic E-state index is -0.487. The molecule has 1 aromatic heterocycles. The predicted octanol–water partition coefficient (Wildman–Crippen LogP) is 4.63. The van der Waals surface area contributed by atoms with E-state index >= 15 is 0 Å². The second-order valence-electron chi connectivity index (χ2n) is 9.00. The van der Waals surface area contributed by atoms with Gasteiger partial charge in [-0.15, -0.1) is 0 Å². The largest absolute Gasteiger partial charge is 0.459 e. The Morgan fingerprint density at radius 3 is 2.34 bits per heavy atom. The summed E-state index contributed by atoms with van der Waals surface area (Å²) < 4.78 is 5.33. The Bertz CT molecular complexity index is 834. The highest BCUT2D eigenvalue weighted by Gasteiger charge is 2.23. The van der Waals surface area contributed by atoms with Crippen LogP contribution in [0.1, 0.15) is 50.7 Å². The lowest BCUT2D eigenvalue weighted by molar-refractivity contribution is -0.123. The molecule has 0 saturated heterocycles. The first-order chi connectivity index (χ1) is 13.5. The van der Waals surface area contributed by atoms with Gasteiger partial charge in [-0.2, -0.15) is 0 Å². The molecule has 0 atom stereocenters. The lowest BCUT2D eigenvalue weighted by Gasteiger charge is -2.27. The summed E-state index contributed by atoms with van der Waals surface area (Å²) in [6.45, 7) is 10.8. The molecule has 29 heavy (non-hydrogen) atoms. The third-order valence-corrected chi connectivity index (χ3v) is 4.47. The fourth-order valence-corrected chi connectivity index (χ4v) is 2.97. The fourth-order valence-electron chi connectivity index (χ4n) is 2.97. The number of amides is 2. The van der Waals surface area contributed by atoms with E-state index in [1.165, 1.54) is 6.26 Å². The van der Waals surface area contributed by atoms with Gasteiger partial charge in [0.1, 0.15) is 0 Å². The average Bonchev–Trinajstić information content (AvgIpc) is 3.13. The molecule has 158 valence electrons. The van der Waals surface area contributed by atoms with E-state index in [0.717, 1.165) is 16.9 Å². The minimum Gasteiger partial charge on any atom is -0.459 e. The molecule has 1 N–H and O–H groups in total. The summed E-state index contributed by atoms with van der Waals surface area (Å²) in [4.78, 5) is 29.2. The molecular weight excluding hydrogens is 366 g/mol. The van der Waals surface area contributed by atoms with E-state index < -0.39 is 5.41 Å². The van der Waals surface area contributed by atoms with Gasteiger partial charge in [0.15, 0.2) is 5.76 Å². The molecule has 0 aliphatic heterocycles. The lowest BCUT2D eigenvalue weighted by Crippen LogP contribution is -2.34. The number of furan rings is 1. The van der Waals surface area contributed by atoms with Gasteiger partial charge in [0.05, 0.1) is 6.26 Å². The Balaban J connectivity index is 2.36. The summed E-state index contributed by atoms with van der Waals surface area (Å²) >= 11 is 0. The van der Waals surface area contributed by atoms with Crippen molar-refractivity contribution in [2.45, 2.75) is 41.2 Å². The standard InChI is InChI=1S/C23H33N3O3/c1-16(2)14-26(21(27)20-9-8-12-29-20)15-17-13-18(10-11-19(17)25(6)7)24-22(28)23(3,4)5/h8-13,16H,14-15H2,1-7H3,(H,24,28). The van der Waals surface area contributed by atoms with E-state index in [1.807, 2.05) is 58.0 Å². The first kappa shape index (κ1) is 22.5. The van der Waals surface area contributed by atoms with Crippen LogP contribution in [0.3, 0.4) is 0 Å². The van der Waals surface area contributed by atoms with Crippen molar-refractivity contribution in [3.05, 3.63) is 47.9 Å². The molecular formula is C23H33N3O3. The van der Waals surface area contributed by atoms with Crippen molar-refractivity contribution in [2.24, 2.45) is 11.3 Å². The molecule has 0 aliphatic carbocycles. The molecule has 2 rings (SSSR count). The van der Waals surface area contributed by atoms with Crippen molar-refractivity contribution in [1.29, 1.82) is 0 Å². The molecule has 0 unspecified atom stereocenters. The van der Waals surface area contributed by atoms with Crippen LogP contribution in [0.15, 0.2) is 41.0 Å². The van der Waals surface area contributed by atoms with Crippen LogP contribution in [0.4, 0.5) is 11.4 Å². The Morgan fingerprint density at radius 2 is 1.83 bits per heavy atom. The molecule has 0 spiro atoms. The van der Waals surface area contributed by atoms with Crippen LogP contribution in [-0.4, -0.2) is 37.4 Å². The van der Waals surface area contributed by atoms with Gasteiger partial charge in [0, 0.05) is 44.0 Å². The Labute approximate surface area is 173 Å². The number of nitrogens with one attached hydrogen (secondary N) is 1. The number of carbonyl (C=O) groups excluding carboxylic acids is 2. The van der Waals surface area contributed by atoms with E-state index in [-0.39, 0.29) is 11.8 Å². The van der Waals surface area contributed by atoms with Gasteiger partial charge < -0.3 is 19.5 Å². The van der Waals surface area contributed by atoms with Crippen LogP contribution in [0, 0.1) is 11.3 Å². The first-order valence-corrected chi connectivity index (χ1v) is 9.93. The SMILES string of the molecule is CC(C)CN(Cc1cc(NC(=O)C(C)(C)C)ccc1N(C)C)C(=O)c1ccco1. The maximum atomic E-state index is 13.0. The van der Waals surface area contributed by atoms with Gasteiger partial charge in [-0.1, -0.05) is 34.6 Å². The van der Waals surface area contributed by atoms with E-state index in [0.29, 0.717) is 24.8 Å². The highest BCUT2D eigenvalue weighted by atomic mass is 16.3. The molecule has 2 aromatic rings. The lowest BCUT2D eigenvalue weighted by atomic mass is 9.95. The van der Waals surface area contributed by atoms with Crippen LogP contribution in [0.2, 0.25) is 0 Å². The summed E-state index contributed by atoms with van der Waals surface area (Å²) in [5.74, 6) is 0.444. The molecule has 0 saturated carbocycles. The van der Waals surface area contributed by atoms with E-state index in [1.54, 1.807) is 17.0 Å². The number of benzene rings is 1. The topological polar surface area (TPSA) is 65.8 Å². The Kier molecular flexibility index (Phi) is 7.11. The summed E-state index contributed by atoms with van der Waals surface area (Å²) in [6, 6.07) is 9.21. The average molecular weight is 400 g/mol. The van der Waals surface area contributed by atoms with E-state index in [4.69, 9.17) is 4.42 Å². The monoisotopic (exact) mass is 399 g/mol. The van der Waals surface area contributed by atoms with Gasteiger partial charge in [-0.3, -0.25) is 9.59 Å². The van der Waals surface area contributed by atoms with Crippen molar-refractivity contribution in [2.75, 3.05) is 30.9 Å². The smallest absolute Gasteiger partial charge is 0.289 e. The second kappa shape index (κ2) is 9.16. The molecule has 1 heterocycles.